The number of nitrogens with zero attached hydrogens (tertiary/aromatic N) is 1. The molecule has 2 saturated heterocycles. The van der Waals surface area contributed by atoms with Gasteiger partial charge in [-0.3, -0.25) is 0 Å². The van der Waals surface area contributed by atoms with Gasteiger partial charge < -0.3 is 9.47 Å². The monoisotopic (exact) mass is 315 g/mol. The van der Waals surface area contributed by atoms with Crippen LogP contribution in [-0.4, -0.2) is 34.4 Å². The van der Waals surface area contributed by atoms with Crippen LogP contribution in [0, 0.1) is 11.3 Å². The molecule has 3 atom stereocenters. The predicted molar refractivity (Wildman–Crippen MR) is 90.4 cm³/mol. The molecular weight excluding hydrogens is 282 g/mol. The molecule has 0 saturated carbocycles. The molecule has 2 aliphatic heterocycles. The van der Waals surface area contributed by atoms with Gasteiger partial charge in [0.2, 0.25) is 0 Å². The fourth-order valence-corrected chi connectivity index (χ4v) is 4.36. The Morgan fingerprint density at radius 3 is 2.00 bits per heavy atom. The van der Waals surface area contributed by atoms with Gasteiger partial charge in [-0.25, -0.2) is 4.31 Å². The molecule has 4 heteroatoms. The summed E-state index contributed by atoms with van der Waals surface area (Å²) in [5.41, 5.74) is 0.0593. The van der Waals surface area contributed by atoms with Crippen molar-refractivity contribution in [2.75, 3.05) is 13.2 Å². The average molecular weight is 316 g/mol. The van der Waals surface area contributed by atoms with E-state index in [4.69, 9.17) is 22.3 Å². The van der Waals surface area contributed by atoms with Crippen molar-refractivity contribution in [3.05, 3.63) is 0 Å². The number of thiol groups is 1. The highest BCUT2D eigenvalue weighted by atomic mass is 32.1. The van der Waals surface area contributed by atoms with Crippen LogP contribution in [0.15, 0.2) is 0 Å². The van der Waals surface area contributed by atoms with E-state index in [0.29, 0.717) is 0 Å². The Bertz CT molecular complexity index is 390. The van der Waals surface area contributed by atoms with E-state index in [1.54, 1.807) is 0 Å². The Balaban J connectivity index is 2.39. The molecule has 0 aromatic carbocycles. The standard InChI is InChI=1S/C17H33NO2S/c1-8-15(6)10-17(19-11-14(4,5)12-20-17)13(3)16(7,9-2)18(15)21/h13,21H,8-12H2,1-7H3. The summed E-state index contributed by atoms with van der Waals surface area (Å²) in [6.45, 7) is 17.3. The van der Waals surface area contributed by atoms with Crippen LogP contribution in [0.2, 0.25) is 0 Å². The van der Waals surface area contributed by atoms with Gasteiger partial charge in [0.05, 0.1) is 13.2 Å². The second-order valence-corrected chi connectivity index (χ2v) is 8.72. The van der Waals surface area contributed by atoms with E-state index >= 15 is 0 Å². The predicted octanol–water partition coefficient (Wildman–Crippen LogP) is 4.28. The first-order valence-electron chi connectivity index (χ1n) is 8.32. The summed E-state index contributed by atoms with van der Waals surface area (Å²) in [5, 5.41) is 0. The molecule has 124 valence electrons. The van der Waals surface area contributed by atoms with Gasteiger partial charge in [0.1, 0.15) is 0 Å². The quantitative estimate of drug-likeness (QED) is 0.769. The van der Waals surface area contributed by atoms with Gasteiger partial charge in [-0.05, 0) is 26.7 Å². The Hall–Kier alpha value is 0.230. The molecule has 0 amide bonds. The van der Waals surface area contributed by atoms with Crippen molar-refractivity contribution in [3.63, 3.8) is 0 Å². The summed E-state index contributed by atoms with van der Waals surface area (Å²) < 4.78 is 15.1. The van der Waals surface area contributed by atoms with E-state index in [2.05, 4.69) is 52.8 Å². The molecule has 2 heterocycles. The minimum atomic E-state index is -0.468. The van der Waals surface area contributed by atoms with E-state index in [9.17, 15) is 0 Å². The highest BCUT2D eigenvalue weighted by Gasteiger charge is 2.61. The minimum Gasteiger partial charge on any atom is -0.349 e. The van der Waals surface area contributed by atoms with E-state index in [1.807, 2.05) is 0 Å². The molecular formula is C17H33NO2S. The lowest BCUT2D eigenvalue weighted by atomic mass is 9.67. The van der Waals surface area contributed by atoms with E-state index in [1.165, 1.54) is 0 Å². The number of hydrogen-bond acceptors (Lipinski definition) is 4. The van der Waals surface area contributed by atoms with E-state index in [-0.39, 0.29) is 22.4 Å². The lowest BCUT2D eigenvalue weighted by Gasteiger charge is -2.63. The molecule has 0 radical (unpaired) electrons. The summed E-state index contributed by atoms with van der Waals surface area (Å²) >= 11 is 4.90. The number of piperidine rings is 1. The van der Waals surface area contributed by atoms with Crippen molar-refractivity contribution < 1.29 is 9.47 Å². The maximum Gasteiger partial charge on any atom is 0.174 e. The second kappa shape index (κ2) is 5.40. The molecule has 0 aromatic rings. The van der Waals surface area contributed by atoms with Crippen molar-refractivity contribution in [2.24, 2.45) is 11.3 Å². The molecule has 0 bridgehead atoms. The number of ether oxygens (including phenoxy) is 2. The topological polar surface area (TPSA) is 21.7 Å². The second-order valence-electron chi connectivity index (χ2n) is 8.32. The van der Waals surface area contributed by atoms with E-state index in [0.717, 1.165) is 32.5 Å². The first-order valence-corrected chi connectivity index (χ1v) is 8.72. The Labute approximate surface area is 136 Å². The Kier molecular flexibility index (Phi) is 4.52. The molecule has 3 nitrogen and oxygen atoms in total. The van der Waals surface area contributed by atoms with Gasteiger partial charge in [-0.1, -0.05) is 47.4 Å². The molecule has 3 unspecified atom stereocenters. The third kappa shape index (κ3) is 2.66. The van der Waals surface area contributed by atoms with Gasteiger partial charge in [0.25, 0.3) is 0 Å². The Morgan fingerprint density at radius 1 is 1.05 bits per heavy atom. The molecule has 1 spiro atoms. The van der Waals surface area contributed by atoms with Crippen LogP contribution in [0.1, 0.15) is 67.7 Å². The van der Waals surface area contributed by atoms with Crippen LogP contribution in [0.4, 0.5) is 0 Å². The lowest BCUT2D eigenvalue weighted by molar-refractivity contribution is -0.357. The van der Waals surface area contributed by atoms with Gasteiger partial charge in [-0.15, -0.1) is 0 Å². The van der Waals surface area contributed by atoms with Crippen molar-refractivity contribution in [1.82, 2.24) is 4.31 Å². The first-order chi connectivity index (χ1) is 9.55. The zero-order valence-electron chi connectivity index (χ0n) is 14.8. The van der Waals surface area contributed by atoms with Crippen molar-refractivity contribution >= 4 is 12.8 Å². The lowest BCUT2D eigenvalue weighted by Crippen LogP contribution is -2.71. The summed E-state index contributed by atoms with van der Waals surface area (Å²) in [4.78, 5) is 0. The normalized spacial score (nSPS) is 43.1. The summed E-state index contributed by atoms with van der Waals surface area (Å²) in [5.74, 6) is -0.187. The highest BCUT2D eigenvalue weighted by molar-refractivity contribution is 7.77. The summed E-state index contributed by atoms with van der Waals surface area (Å²) in [7, 11) is 0. The van der Waals surface area contributed by atoms with Crippen LogP contribution < -0.4 is 0 Å². The van der Waals surface area contributed by atoms with Crippen LogP contribution in [-0.2, 0) is 9.47 Å². The maximum absolute atomic E-state index is 6.39. The molecule has 0 N–H and O–H groups in total. The summed E-state index contributed by atoms with van der Waals surface area (Å²) in [6, 6.07) is 0. The third-order valence-corrected chi connectivity index (χ3v) is 7.05. The number of hydrogen-bond donors (Lipinski definition) is 1. The molecule has 0 aliphatic carbocycles. The van der Waals surface area contributed by atoms with Crippen molar-refractivity contribution in [1.29, 1.82) is 0 Å². The molecule has 21 heavy (non-hydrogen) atoms. The van der Waals surface area contributed by atoms with Crippen LogP contribution in [0.3, 0.4) is 0 Å². The molecule has 2 rings (SSSR count). The van der Waals surface area contributed by atoms with Gasteiger partial charge in [0, 0.05) is 28.8 Å². The molecule has 0 aromatic heterocycles. The van der Waals surface area contributed by atoms with Gasteiger partial charge in [0.15, 0.2) is 5.79 Å². The van der Waals surface area contributed by atoms with Gasteiger partial charge in [-0.2, -0.15) is 0 Å². The molecule has 2 aliphatic rings. The van der Waals surface area contributed by atoms with Crippen molar-refractivity contribution in [2.45, 2.75) is 84.6 Å². The van der Waals surface area contributed by atoms with Crippen molar-refractivity contribution in [3.8, 4) is 0 Å². The van der Waals surface area contributed by atoms with E-state index < -0.39 is 5.79 Å². The Morgan fingerprint density at radius 2 is 1.57 bits per heavy atom. The highest BCUT2D eigenvalue weighted by Crippen LogP contribution is 2.54. The van der Waals surface area contributed by atoms with Crippen LogP contribution in [0.25, 0.3) is 0 Å². The van der Waals surface area contributed by atoms with Gasteiger partial charge >= 0.3 is 0 Å². The van der Waals surface area contributed by atoms with Crippen LogP contribution >= 0.6 is 12.8 Å². The first kappa shape index (κ1) is 17.6. The fourth-order valence-electron chi connectivity index (χ4n) is 3.83. The summed E-state index contributed by atoms with van der Waals surface area (Å²) in [6.07, 6.45) is 2.95. The average Bonchev–Trinajstić information content (AvgIpc) is 2.46. The third-order valence-electron chi connectivity index (χ3n) is 6.11. The smallest absolute Gasteiger partial charge is 0.174 e. The number of rotatable bonds is 2. The zero-order valence-corrected chi connectivity index (χ0v) is 15.7. The maximum atomic E-state index is 6.39. The largest absolute Gasteiger partial charge is 0.349 e. The SMILES string of the molecule is CCC1(C)CC2(OCC(C)(C)CO2)C(C)C(C)(CC)N1S. The molecule has 2 fully saturated rings. The fraction of sp³-hybridized carbons (Fsp3) is 1.00. The van der Waals surface area contributed by atoms with Crippen LogP contribution in [0.5, 0.6) is 0 Å². The zero-order chi connectivity index (χ0) is 16.1. The minimum absolute atomic E-state index is 0.0120.